The van der Waals surface area contributed by atoms with Crippen LogP contribution in [0.25, 0.3) is 0 Å². The van der Waals surface area contributed by atoms with Gasteiger partial charge in [0.15, 0.2) is 5.82 Å². The summed E-state index contributed by atoms with van der Waals surface area (Å²) in [6.45, 7) is 5.37. The number of nitrogens with zero attached hydrogens (tertiary/aromatic N) is 3. The number of benzene rings is 2. The lowest BCUT2D eigenvalue weighted by molar-refractivity contribution is 0.0608. The molecule has 42 heavy (non-hydrogen) atoms. The molecule has 1 fully saturated rings. The smallest absolute Gasteiger partial charge is 0.430 e. The van der Waals surface area contributed by atoms with Gasteiger partial charge in [-0.3, -0.25) is 0 Å². The van der Waals surface area contributed by atoms with Crippen LogP contribution in [0.15, 0.2) is 46.1 Å². The van der Waals surface area contributed by atoms with Gasteiger partial charge in [0.25, 0.3) is 10.0 Å². The van der Waals surface area contributed by atoms with Crippen molar-refractivity contribution < 1.29 is 36.3 Å². The molecule has 16 heteroatoms. The largest absolute Gasteiger partial charge is 0.444 e. The van der Waals surface area contributed by atoms with Crippen LogP contribution in [0.3, 0.4) is 0 Å². The molecule has 3 aromatic rings. The van der Waals surface area contributed by atoms with Crippen molar-refractivity contribution in [3.63, 3.8) is 0 Å². The van der Waals surface area contributed by atoms with Crippen LogP contribution in [0.2, 0.25) is 5.02 Å². The third-order valence-electron chi connectivity index (χ3n) is 5.92. The molecule has 0 aliphatic carbocycles. The van der Waals surface area contributed by atoms with Crippen LogP contribution in [0.1, 0.15) is 27.2 Å². The summed E-state index contributed by atoms with van der Waals surface area (Å²) in [4.78, 5) is 29.3. The number of carbonyl (C=O) groups is 2. The summed E-state index contributed by atoms with van der Waals surface area (Å²) in [6, 6.07) is 5.60. The first-order chi connectivity index (χ1) is 19.7. The molecule has 2 N–H and O–H groups in total. The van der Waals surface area contributed by atoms with E-state index in [-0.39, 0.29) is 27.4 Å². The molecular formula is C26H28ClF2N5O6S2. The second-order valence-corrected chi connectivity index (χ2v) is 13.0. The van der Waals surface area contributed by atoms with Gasteiger partial charge in [-0.15, -0.1) is 15.6 Å². The van der Waals surface area contributed by atoms with Crippen molar-refractivity contribution in [2.75, 3.05) is 34.7 Å². The number of hydrogen-bond donors (Lipinski definition) is 2. The Labute approximate surface area is 250 Å². The van der Waals surface area contributed by atoms with Crippen molar-refractivity contribution in [3.05, 3.63) is 57.9 Å². The van der Waals surface area contributed by atoms with Crippen LogP contribution in [0, 0.1) is 11.6 Å². The molecule has 4 rings (SSSR count). The lowest BCUT2D eigenvalue weighted by Gasteiger charge is -2.26. The van der Waals surface area contributed by atoms with E-state index in [1.807, 2.05) is 0 Å². The number of aromatic nitrogens is 1. The zero-order valence-corrected chi connectivity index (χ0v) is 25.4. The van der Waals surface area contributed by atoms with Crippen LogP contribution in [0.4, 0.5) is 41.2 Å². The Morgan fingerprint density at radius 2 is 1.93 bits per heavy atom. The number of ether oxygens (including phenoxy) is 2. The lowest BCUT2D eigenvalue weighted by atomic mass is 10.2. The van der Waals surface area contributed by atoms with Gasteiger partial charge in [-0.2, -0.15) is 0 Å². The van der Waals surface area contributed by atoms with Gasteiger partial charge in [-0.05, 0) is 45.0 Å². The molecule has 0 spiro atoms. The lowest BCUT2D eigenvalue weighted by Crippen LogP contribution is -2.41. The quantitative estimate of drug-likeness (QED) is 0.324. The Bertz CT molecular complexity index is 1580. The predicted octanol–water partition coefficient (Wildman–Crippen LogP) is 5.88. The van der Waals surface area contributed by atoms with Crippen molar-refractivity contribution in [3.8, 4) is 0 Å². The fraction of sp³-hybridized carbons (Fsp3) is 0.346. The second kappa shape index (κ2) is 12.3. The number of halogens is 3. The average Bonchev–Trinajstić information content (AvgIpc) is 3.58. The fourth-order valence-electron chi connectivity index (χ4n) is 4.12. The standard InChI is InChI=1S/C26H28ClF2N5O6S2/c1-26(2,3)40-25(36)34(23-13-41-14-31-23)42(37,38)22-10-17(27)20(11-18(22)29)32-19-6-5-15(28)9-21(19)33-8-7-16(12-33)39-24(35)30-4/h5-6,9-11,13-14,16,32H,7-8,12H2,1-4H3,(H,30,35). The van der Waals surface area contributed by atoms with Gasteiger partial charge in [0.2, 0.25) is 0 Å². The highest BCUT2D eigenvalue weighted by Gasteiger charge is 2.38. The zero-order chi connectivity index (χ0) is 30.8. The number of amides is 2. The van der Waals surface area contributed by atoms with Crippen LogP contribution >= 0.6 is 22.9 Å². The normalized spacial score (nSPS) is 15.3. The number of alkyl carbamates (subject to hydrolysis) is 1. The molecule has 2 heterocycles. The highest BCUT2D eigenvalue weighted by Crippen LogP contribution is 2.37. The first-order valence-corrected chi connectivity index (χ1v) is 15.3. The molecule has 1 saturated heterocycles. The Kier molecular flexibility index (Phi) is 9.13. The Hall–Kier alpha value is -3.69. The van der Waals surface area contributed by atoms with E-state index in [0.717, 1.165) is 23.5 Å². The second-order valence-electron chi connectivity index (χ2n) is 10.2. The minimum atomic E-state index is -4.87. The number of anilines is 4. The molecule has 1 aliphatic rings. The van der Waals surface area contributed by atoms with E-state index in [2.05, 4.69) is 15.6 Å². The molecular weight excluding hydrogens is 616 g/mol. The molecule has 1 atom stereocenters. The molecule has 11 nitrogen and oxygen atoms in total. The Morgan fingerprint density at radius 1 is 1.19 bits per heavy atom. The molecule has 1 aromatic heterocycles. The van der Waals surface area contributed by atoms with E-state index in [1.165, 1.54) is 36.1 Å². The Morgan fingerprint density at radius 3 is 2.57 bits per heavy atom. The Balaban J connectivity index is 1.65. The van der Waals surface area contributed by atoms with E-state index in [1.54, 1.807) is 25.7 Å². The van der Waals surface area contributed by atoms with Gasteiger partial charge >= 0.3 is 12.2 Å². The minimum absolute atomic E-state index is 0.0178. The molecule has 1 aliphatic heterocycles. The van der Waals surface area contributed by atoms with Crippen molar-refractivity contribution in [1.82, 2.24) is 10.3 Å². The van der Waals surface area contributed by atoms with E-state index in [0.29, 0.717) is 24.3 Å². The van der Waals surface area contributed by atoms with Gasteiger partial charge < -0.3 is 25.0 Å². The summed E-state index contributed by atoms with van der Waals surface area (Å²) in [7, 11) is -3.43. The molecule has 226 valence electrons. The number of sulfonamides is 1. The first kappa shape index (κ1) is 31.3. The summed E-state index contributed by atoms with van der Waals surface area (Å²) >= 11 is 7.45. The summed E-state index contributed by atoms with van der Waals surface area (Å²) in [5.41, 5.74) is 0.974. The van der Waals surface area contributed by atoms with Crippen LogP contribution in [-0.4, -0.2) is 57.4 Å². The maximum atomic E-state index is 15.5. The van der Waals surface area contributed by atoms with Gasteiger partial charge in [-0.25, -0.2) is 31.8 Å². The van der Waals surface area contributed by atoms with Gasteiger partial charge in [-0.1, -0.05) is 11.6 Å². The number of nitrogens with one attached hydrogen (secondary N) is 2. The monoisotopic (exact) mass is 643 g/mol. The molecule has 0 bridgehead atoms. The first-order valence-electron chi connectivity index (χ1n) is 12.5. The van der Waals surface area contributed by atoms with E-state index in [4.69, 9.17) is 21.1 Å². The summed E-state index contributed by atoms with van der Waals surface area (Å²) < 4.78 is 67.7. The molecule has 0 saturated carbocycles. The van der Waals surface area contributed by atoms with Gasteiger partial charge in [0.1, 0.15) is 28.2 Å². The number of carbonyl (C=O) groups excluding carboxylic acids is 2. The van der Waals surface area contributed by atoms with Crippen molar-refractivity contribution in [1.29, 1.82) is 0 Å². The molecule has 2 aromatic carbocycles. The third-order valence-corrected chi connectivity index (χ3v) is 8.49. The highest BCUT2D eigenvalue weighted by molar-refractivity contribution is 7.93. The number of thiazole rings is 1. The van der Waals surface area contributed by atoms with Crippen LogP contribution in [0.5, 0.6) is 0 Å². The van der Waals surface area contributed by atoms with Crippen molar-refractivity contribution >= 4 is 68.0 Å². The topological polar surface area (TPSA) is 130 Å². The summed E-state index contributed by atoms with van der Waals surface area (Å²) in [5, 5.41) is 6.41. The van der Waals surface area contributed by atoms with Crippen molar-refractivity contribution in [2.45, 2.75) is 43.8 Å². The van der Waals surface area contributed by atoms with Crippen LogP contribution < -0.4 is 19.8 Å². The maximum absolute atomic E-state index is 15.5. The third kappa shape index (κ3) is 7.02. The number of rotatable bonds is 7. The average molecular weight is 644 g/mol. The van der Waals surface area contributed by atoms with E-state index in [9.17, 15) is 22.4 Å². The van der Waals surface area contributed by atoms with E-state index >= 15 is 4.39 Å². The SMILES string of the molecule is CNC(=O)OC1CCN(c2cc(F)ccc2Nc2cc(F)c(S(=O)(=O)N(C(=O)OC(C)(C)C)c3cscn3)cc2Cl)C1. The number of hydrogen-bond acceptors (Lipinski definition) is 10. The minimum Gasteiger partial charge on any atom is -0.444 e. The molecule has 0 radical (unpaired) electrons. The van der Waals surface area contributed by atoms with Crippen molar-refractivity contribution in [2.24, 2.45) is 0 Å². The highest BCUT2D eigenvalue weighted by atomic mass is 35.5. The maximum Gasteiger partial charge on any atom is 0.430 e. The van der Waals surface area contributed by atoms with Crippen LogP contribution in [-0.2, 0) is 19.5 Å². The fourth-order valence-corrected chi connectivity index (χ4v) is 6.32. The zero-order valence-electron chi connectivity index (χ0n) is 23.0. The van der Waals surface area contributed by atoms with Gasteiger partial charge in [0, 0.05) is 31.5 Å². The van der Waals surface area contributed by atoms with Gasteiger partial charge in [0.05, 0.1) is 34.1 Å². The van der Waals surface area contributed by atoms with E-state index < -0.39 is 50.4 Å². The summed E-state index contributed by atoms with van der Waals surface area (Å²) in [5.74, 6) is -2.02. The molecule has 1 unspecified atom stereocenters. The summed E-state index contributed by atoms with van der Waals surface area (Å²) in [6.07, 6.45) is -1.79. The molecule has 2 amide bonds. The predicted molar refractivity (Wildman–Crippen MR) is 155 cm³/mol.